The van der Waals surface area contributed by atoms with E-state index in [0.717, 1.165) is 19.4 Å². The molecule has 1 aromatic carbocycles. The summed E-state index contributed by atoms with van der Waals surface area (Å²) in [5.74, 6) is 0. The standard InChI is InChI=1S/C15H25NO/c1-5-7-14(17-6-2)15(16)13-9-8-11(3)12(4)10-13/h8-10,14-15H,5-7,16H2,1-4H3. The monoisotopic (exact) mass is 235 g/mol. The molecule has 0 aliphatic carbocycles. The number of nitrogens with two attached hydrogens (primary N) is 1. The van der Waals surface area contributed by atoms with Crippen molar-refractivity contribution in [1.29, 1.82) is 0 Å². The summed E-state index contributed by atoms with van der Waals surface area (Å²) in [6.45, 7) is 9.16. The first-order valence-electron chi connectivity index (χ1n) is 6.54. The van der Waals surface area contributed by atoms with Crippen LogP contribution in [0.5, 0.6) is 0 Å². The molecule has 0 spiro atoms. The second-order valence-corrected chi connectivity index (χ2v) is 4.65. The lowest BCUT2D eigenvalue weighted by Crippen LogP contribution is -2.29. The second-order valence-electron chi connectivity index (χ2n) is 4.65. The van der Waals surface area contributed by atoms with Crippen molar-refractivity contribution >= 4 is 0 Å². The fourth-order valence-corrected chi connectivity index (χ4v) is 2.05. The van der Waals surface area contributed by atoms with Gasteiger partial charge in [-0.15, -0.1) is 0 Å². The topological polar surface area (TPSA) is 35.2 Å². The van der Waals surface area contributed by atoms with Gasteiger partial charge in [0.2, 0.25) is 0 Å². The first-order valence-corrected chi connectivity index (χ1v) is 6.54. The molecule has 0 saturated heterocycles. The third-order valence-electron chi connectivity index (χ3n) is 3.27. The maximum Gasteiger partial charge on any atom is 0.0767 e. The molecule has 1 rings (SSSR count). The Kier molecular flexibility index (Phi) is 5.66. The van der Waals surface area contributed by atoms with Crippen LogP contribution in [0.4, 0.5) is 0 Å². The predicted molar refractivity (Wildman–Crippen MR) is 73.2 cm³/mol. The Morgan fingerprint density at radius 2 is 1.88 bits per heavy atom. The van der Waals surface area contributed by atoms with Gasteiger partial charge in [0.1, 0.15) is 0 Å². The van der Waals surface area contributed by atoms with Crippen molar-refractivity contribution < 1.29 is 4.74 Å². The maximum absolute atomic E-state index is 6.31. The van der Waals surface area contributed by atoms with E-state index < -0.39 is 0 Å². The Bertz CT molecular complexity index is 343. The Balaban J connectivity index is 2.84. The summed E-state index contributed by atoms with van der Waals surface area (Å²) in [5.41, 5.74) is 10.1. The van der Waals surface area contributed by atoms with E-state index in [1.807, 2.05) is 6.92 Å². The minimum absolute atomic E-state index is 0.0193. The van der Waals surface area contributed by atoms with Crippen molar-refractivity contribution in [2.24, 2.45) is 5.73 Å². The molecule has 0 aliphatic rings. The number of ether oxygens (including phenoxy) is 1. The summed E-state index contributed by atoms with van der Waals surface area (Å²) >= 11 is 0. The van der Waals surface area contributed by atoms with Gasteiger partial charge in [0.15, 0.2) is 0 Å². The highest BCUT2D eigenvalue weighted by molar-refractivity contribution is 5.32. The van der Waals surface area contributed by atoms with Gasteiger partial charge in [0.05, 0.1) is 12.1 Å². The Labute approximate surface area is 105 Å². The molecule has 0 bridgehead atoms. The third kappa shape index (κ3) is 3.83. The molecule has 0 radical (unpaired) electrons. The molecule has 0 amide bonds. The van der Waals surface area contributed by atoms with E-state index in [-0.39, 0.29) is 12.1 Å². The molecule has 2 N–H and O–H groups in total. The zero-order valence-electron chi connectivity index (χ0n) is 11.5. The quantitative estimate of drug-likeness (QED) is 0.819. The summed E-state index contributed by atoms with van der Waals surface area (Å²) in [7, 11) is 0. The van der Waals surface area contributed by atoms with Crippen molar-refractivity contribution in [3.8, 4) is 0 Å². The Morgan fingerprint density at radius 3 is 2.41 bits per heavy atom. The number of hydrogen-bond donors (Lipinski definition) is 1. The van der Waals surface area contributed by atoms with E-state index >= 15 is 0 Å². The van der Waals surface area contributed by atoms with Crippen molar-refractivity contribution in [2.45, 2.75) is 52.7 Å². The molecular weight excluding hydrogens is 210 g/mol. The van der Waals surface area contributed by atoms with Gasteiger partial charge in [-0.3, -0.25) is 0 Å². The maximum atomic E-state index is 6.31. The van der Waals surface area contributed by atoms with Crippen molar-refractivity contribution in [3.05, 3.63) is 34.9 Å². The molecule has 0 fully saturated rings. The smallest absolute Gasteiger partial charge is 0.0767 e. The number of aryl methyl sites for hydroxylation is 2. The summed E-state index contributed by atoms with van der Waals surface area (Å²) in [5, 5.41) is 0. The second kappa shape index (κ2) is 6.77. The van der Waals surface area contributed by atoms with Crippen LogP contribution in [0.3, 0.4) is 0 Å². The number of hydrogen-bond acceptors (Lipinski definition) is 2. The average molecular weight is 235 g/mol. The third-order valence-corrected chi connectivity index (χ3v) is 3.27. The van der Waals surface area contributed by atoms with Gasteiger partial charge in [0.25, 0.3) is 0 Å². The van der Waals surface area contributed by atoms with Gasteiger partial charge in [-0.05, 0) is 43.9 Å². The molecule has 2 unspecified atom stereocenters. The minimum Gasteiger partial charge on any atom is -0.377 e. The van der Waals surface area contributed by atoms with E-state index in [9.17, 15) is 0 Å². The van der Waals surface area contributed by atoms with Crippen LogP contribution < -0.4 is 5.73 Å². The van der Waals surface area contributed by atoms with Crippen LogP contribution >= 0.6 is 0 Å². The van der Waals surface area contributed by atoms with E-state index in [0.29, 0.717) is 0 Å². The lowest BCUT2D eigenvalue weighted by Gasteiger charge is -2.24. The molecule has 0 heterocycles. The highest BCUT2D eigenvalue weighted by Gasteiger charge is 2.19. The van der Waals surface area contributed by atoms with Crippen LogP contribution in [-0.2, 0) is 4.74 Å². The molecule has 2 nitrogen and oxygen atoms in total. The molecule has 96 valence electrons. The van der Waals surface area contributed by atoms with Gasteiger partial charge in [-0.25, -0.2) is 0 Å². The van der Waals surface area contributed by atoms with E-state index in [4.69, 9.17) is 10.5 Å². The van der Waals surface area contributed by atoms with Crippen LogP contribution in [0.15, 0.2) is 18.2 Å². The predicted octanol–water partition coefficient (Wildman–Crippen LogP) is 3.51. The first-order chi connectivity index (χ1) is 8.10. The van der Waals surface area contributed by atoms with Gasteiger partial charge in [-0.2, -0.15) is 0 Å². The van der Waals surface area contributed by atoms with Crippen molar-refractivity contribution in [1.82, 2.24) is 0 Å². The van der Waals surface area contributed by atoms with Crippen LogP contribution in [0.25, 0.3) is 0 Å². The zero-order chi connectivity index (χ0) is 12.8. The van der Waals surface area contributed by atoms with Gasteiger partial charge in [-0.1, -0.05) is 31.5 Å². The minimum atomic E-state index is -0.0193. The summed E-state index contributed by atoms with van der Waals surface area (Å²) < 4.78 is 5.74. The SMILES string of the molecule is CCCC(OCC)C(N)c1ccc(C)c(C)c1. The van der Waals surface area contributed by atoms with Gasteiger partial charge >= 0.3 is 0 Å². The first kappa shape index (κ1) is 14.2. The van der Waals surface area contributed by atoms with Crippen LogP contribution in [0.2, 0.25) is 0 Å². The lowest BCUT2D eigenvalue weighted by molar-refractivity contribution is 0.0374. The van der Waals surface area contributed by atoms with Crippen LogP contribution in [0, 0.1) is 13.8 Å². The number of benzene rings is 1. The Morgan fingerprint density at radius 1 is 1.18 bits per heavy atom. The van der Waals surface area contributed by atoms with Gasteiger partial charge < -0.3 is 10.5 Å². The largest absolute Gasteiger partial charge is 0.377 e. The van der Waals surface area contributed by atoms with Crippen molar-refractivity contribution in [2.75, 3.05) is 6.61 Å². The summed E-state index contributed by atoms with van der Waals surface area (Å²) in [6, 6.07) is 6.42. The van der Waals surface area contributed by atoms with E-state index in [1.165, 1.54) is 16.7 Å². The van der Waals surface area contributed by atoms with E-state index in [2.05, 4.69) is 39.0 Å². The molecule has 17 heavy (non-hydrogen) atoms. The van der Waals surface area contributed by atoms with Crippen molar-refractivity contribution in [3.63, 3.8) is 0 Å². The molecular formula is C15H25NO. The fourth-order valence-electron chi connectivity index (χ4n) is 2.05. The zero-order valence-corrected chi connectivity index (χ0v) is 11.5. The average Bonchev–Trinajstić information content (AvgIpc) is 2.31. The highest BCUT2D eigenvalue weighted by atomic mass is 16.5. The van der Waals surface area contributed by atoms with Crippen LogP contribution in [0.1, 0.15) is 49.4 Å². The molecule has 0 aromatic heterocycles. The normalized spacial score (nSPS) is 14.6. The molecule has 1 aromatic rings. The summed E-state index contributed by atoms with van der Waals surface area (Å²) in [4.78, 5) is 0. The number of rotatable bonds is 6. The Hall–Kier alpha value is -0.860. The summed E-state index contributed by atoms with van der Waals surface area (Å²) in [6.07, 6.45) is 2.25. The highest BCUT2D eigenvalue weighted by Crippen LogP contribution is 2.22. The molecule has 0 aliphatic heterocycles. The fraction of sp³-hybridized carbons (Fsp3) is 0.600. The van der Waals surface area contributed by atoms with Gasteiger partial charge in [0, 0.05) is 6.61 Å². The van der Waals surface area contributed by atoms with Crippen LogP contribution in [-0.4, -0.2) is 12.7 Å². The lowest BCUT2D eigenvalue weighted by atomic mass is 9.96. The molecule has 0 saturated carbocycles. The van der Waals surface area contributed by atoms with E-state index in [1.54, 1.807) is 0 Å². The molecule has 2 heteroatoms. The molecule has 2 atom stereocenters.